The van der Waals surface area contributed by atoms with Crippen molar-refractivity contribution in [3.05, 3.63) is 51.7 Å². The third-order valence-corrected chi connectivity index (χ3v) is 3.20. The lowest BCUT2D eigenvalue weighted by atomic mass is 10.2. The van der Waals surface area contributed by atoms with Crippen LogP contribution in [-0.2, 0) is 6.54 Å². The molecule has 0 fully saturated rings. The van der Waals surface area contributed by atoms with E-state index in [0.29, 0.717) is 10.8 Å². The number of hydrogen-bond donors (Lipinski definition) is 1. The van der Waals surface area contributed by atoms with Crippen molar-refractivity contribution in [2.24, 2.45) is 0 Å². The zero-order chi connectivity index (χ0) is 13.7. The van der Waals surface area contributed by atoms with Crippen molar-refractivity contribution in [3.63, 3.8) is 0 Å². The maximum absolute atomic E-state index is 5.90. The first kappa shape index (κ1) is 14.3. The number of nitrogens with zero attached hydrogens (tertiary/aromatic N) is 1. The fraction of sp³-hybridized carbons (Fsp3) is 0.214. The molecule has 1 aromatic heterocycles. The predicted molar refractivity (Wildman–Crippen MR) is 80.8 cm³/mol. The molecule has 0 aliphatic carbocycles. The molecule has 0 unspecified atom stereocenters. The Morgan fingerprint density at radius 2 is 2.16 bits per heavy atom. The number of nitrogens with one attached hydrogen (secondary N) is 1. The Kier molecular flexibility index (Phi) is 5.19. The molecule has 5 heteroatoms. The largest absolute Gasteiger partial charge is 0.455 e. The van der Waals surface area contributed by atoms with Crippen LogP contribution in [0.3, 0.4) is 0 Å². The summed E-state index contributed by atoms with van der Waals surface area (Å²) in [5, 5.41) is 3.84. The molecule has 2 aromatic rings. The second kappa shape index (κ2) is 6.89. The van der Waals surface area contributed by atoms with Crippen LogP contribution in [0.15, 0.2) is 41.1 Å². The van der Waals surface area contributed by atoms with Gasteiger partial charge >= 0.3 is 0 Å². The van der Waals surface area contributed by atoms with Gasteiger partial charge in [0, 0.05) is 28.8 Å². The Morgan fingerprint density at radius 3 is 2.89 bits per heavy atom. The molecular formula is C14H14BrClN2O. The Balaban J connectivity index is 2.24. The van der Waals surface area contributed by atoms with E-state index in [1.807, 2.05) is 18.2 Å². The van der Waals surface area contributed by atoms with Gasteiger partial charge in [-0.2, -0.15) is 0 Å². The first-order chi connectivity index (χ1) is 9.19. The molecule has 0 atom stereocenters. The highest BCUT2D eigenvalue weighted by Crippen LogP contribution is 2.29. The predicted octanol–water partition coefficient (Wildman–Crippen LogP) is 4.40. The number of aromatic nitrogens is 1. The van der Waals surface area contributed by atoms with E-state index in [1.165, 1.54) is 0 Å². The number of benzene rings is 1. The highest BCUT2D eigenvalue weighted by Gasteiger charge is 2.06. The average Bonchev–Trinajstić information content (AvgIpc) is 2.38. The fourth-order valence-electron chi connectivity index (χ4n) is 1.60. The van der Waals surface area contributed by atoms with Crippen LogP contribution in [0.5, 0.6) is 11.5 Å². The number of rotatable bonds is 5. The van der Waals surface area contributed by atoms with Crippen molar-refractivity contribution >= 4 is 27.5 Å². The summed E-state index contributed by atoms with van der Waals surface area (Å²) in [6.45, 7) is 3.74. The molecule has 0 radical (unpaired) electrons. The minimum absolute atomic E-state index is 0.556. The number of hydrogen-bond acceptors (Lipinski definition) is 3. The first-order valence-corrected chi connectivity index (χ1v) is 7.13. The molecule has 1 N–H and O–H groups in total. The zero-order valence-corrected chi connectivity index (χ0v) is 12.8. The van der Waals surface area contributed by atoms with Gasteiger partial charge in [-0.3, -0.25) is 4.98 Å². The second-order valence-electron chi connectivity index (χ2n) is 3.97. The Labute approximate surface area is 126 Å². The van der Waals surface area contributed by atoms with Gasteiger partial charge < -0.3 is 10.1 Å². The molecule has 0 amide bonds. The summed E-state index contributed by atoms with van der Waals surface area (Å²) in [6, 6.07) is 7.70. The Morgan fingerprint density at radius 1 is 1.32 bits per heavy atom. The summed E-state index contributed by atoms with van der Waals surface area (Å²) < 4.78 is 6.82. The Hall–Kier alpha value is -1.10. The van der Waals surface area contributed by atoms with Gasteiger partial charge in [-0.05, 0) is 18.7 Å². The van der Waals surface area contributed by atoms with E-state index in [1.54, 1.807) is 18.5 Å². The minimum atomic E-state index is 0.556. The van der Waals surface area contributed by atoms with Crippen LogP contribution in [0, 0.1) is 0 Å². The van der Waals surface area contributed by atoms with Crippen LogP contribution in [0.25, 0.3) is 0 Å². The lowest BCUT2D eigenvalue weighted by Gasteiger charge is -2.12. The summed E-state index contributed by atoms with van der Waals surface area (Å²) in [7, 11) is 0. The van der Waals surface area contributed by atoms with E-state index in [0.717, 1.165) is 28.9 Å². The standard InChI is InChI=1S/C14H14BrClN2O/c1-2-17-7-10-3-4-11(15)5-14(10)19-13-6-12(16)8-18-9-13/h3-6,8-9,17H,2,7H2,1H3. The van der Waals surface area contributed by atoms with Gasteiger partial charge in [0.15, 0.2) is 0 Å². The molecule has 0 aliphatic heterocycles. The third kappa shape index (κ3) is 4.20. The van der Waals surface area contributed by atoms with Crippen LogP contribution in [-0.4, -0.2) is 11.5 Å². The monoisotopic (exact) mass is 340 g/mol. The van der Waals surface area contributed by atoms with Crippen molar-refractivity contribution in [3.8, 4) is 11.5 Å². The maximum Gasteiger partial charge on any atom is 0.147 e. The van der Waals surface area contributed by atoms with E-state index in [4.69, 9.17) is 16.3 Å². The molecule has 0 saturated carbocycles. The van der Waals surface area contributed by atoms with Crippen molar-refractivity contribution < 1.29 is 4.74 Å². The van der Waals surface area contributed by atoms with Crippen molar-refractivity contribution in [1.29, 1.82) is 0 Å². The summed E-state index contributed by atoms with van der Waals surface area (Å²) in [5.74, 6) is 1.42. The van der Waals surface area contributed by atoms with E-state index in [-0.39, 0.29) is 0 Å². The average molecular weight is 342 g/mol. The molecule has 19 heavy (non-hydrogen) atoms. The molecule has 0 aliphatic rings. The molecule has 3 nitrogen and oxygen atoms in total. The van der Waals surface area contributed by atoms with Crippen molar-refractivity contribution in [2.75, 3.05) is 6.54 Å². The van der Waals surface area contributed by atoms with Gasteiger partial charge in [0.25, 0.3) is 0 Å². The van der Waals surface area contributed by atoms with Gasteiger partial charge in [0.2, 0.25) is 0 Å². The van der Waals surface area contributed by atoms with E-state index >= 15 is 0 Å². The molecule has 1 heterocycles. The third-order valence-electron chi connectivity index (χ3n) is 2.50. The van der Waals surface area contributed by atoms with Crippen LogP contribution < -0.4 is 10.1 Å². The van der Waals surface area contributed by atoms with Crippen molar-refractivity contribution in [1.82, 2.24) is 10.3 Å². The highest BCUT2D eigenvalue weighted by molar-refractivity contribution is 9.10. The number of pyridine rings is 1. The molecule has 2 rings (SSSR count). The minimum Gasteiger partial charge on any atom is -0.455 e. The van der Waals surface area contributed by atoms with Gasteiger partial charge in [-0.15, -0.1) is 0 Å². The Bertz CT molecular complexity index is 563. The van der Waals surface area contributed by atoms with E-state index in [9.17, 15) is 0 Å². The van der Waals surface area contributed by atoms with Crippen LogP contribution in [0.1, 0.15) is 12.5 Å². The number of ether oxygens (including phenoxy) is 1. The molecular weight excluding hydrogens is 328 g/mol. The lowest BCUT2D eigenvalue weighted by molar-refractivity contribution is 0.471. The van der Waals surface area contributed by atoms with Crippen LogP contribution in [0.2, 0.25) is 5.02 Å². The molecule has 100 valence electrons. The molecule has 0 spiro atoms. The summed E-state index contributed by atoms with van der Waals surface area (Å²) >= 11 is 9.35. The van der Waals surface area contributed by atoms with Gasteiger partial charge in [0.1, 0.15) is 11.5 Å². The van der Waals surface area contributed by atoms with Gasteiger partial charge in [0.05, 0.1) is 11.2 Å². The van der Waals surface area contributed by atoms with E-state index in [2.05, 4.69) is 33.2 Å². The maximum atomic E-state index is 5.90. The summed E-state index contributed by atoms with van der Waals surface area (Å²) in [5.41, 5.74) is 1.09. The first-order valence-electron chi connectivity index (χ1n) is 5.96. The quantitative estimate of drug-likeness (QED) is 0.875. The van der Waals surface area contributed by atoms with Crippen LogP contribution >= 0.6 is 27.5 Å². The SMILES string of the molecule is CCNCc1ccc(Br)cc1Oc1cncc(Cl)c1. The number of halogens is 2. The smallest absolute Gasteiger partial charge is 0.147 e. The molecule has 0 bridgehead atoms. The highest BCUT2D eigenvalue weighted by atomic mass is 79.9. The fourth-order valence-corrected chi connectivity index (χ4v) is 2.11. The normalized spacial score (nSPS) is 10.5. The molecule has 0 saturated heterocycles. The molecule has 1 aromatic carbocycles. The summed E-state index contributed by atoms with van der Waals surface area (Å²) in [6.07, 6.45) is 3.22. The summed E-state index contributed by atoms with van der Waals surface area (Å²) in [4.78, 5) is 4.01. The van der Waals surface area contributed by atoms with Crippen LogP contribution in [0.4, 0.5) is 0 Å². The second-order valence-corrected chi connectivity index (χ2v) is 5.33. The zero-order valence-electron chi connectivity index (χ0n) is 10.5. The van der Waals surface area contributed by atoms with Gasteiger partial charge in [-0.25, -0.2) is 0 Å². The topological polar surface area (TPSA) is 34.1 Å². The lowest BCUT2D eigenvalue weighted by Crippen LogP contribution is -2.12. The van der Waals surface area contributed by atoms with Crippen molar-refractivity contribution in [2.45, 2.75) is 13.5 Å². The van der Waals surface area contributed by atoms with E-state index < -0.39 is 0 Å². The van der Waals surface area contributed by atoms with Gasteiger partial charge in [-0.1, -0.05) is 40.5 Å².